The van der Waals surface area contributed by atoms with Crippen molar-refractivity contribution in [2.75, 3.05) is 5.73 Å². The lowest BCUT2D eigenvalue weighted by molar-refractivity contribution is 0.582. The second-order valence-corrected chi connectivity index (χ2v) is 1.76. The van der Waals surface area contributed by atoms with Crippen LogP contribution in [-0.4, -0.2) is 9.97 Å². The Bertz CT molecular complexity index is 177. The molecule has 48 valence electrons. The molecule has 1 rings (SSSR count). The molecule has 0 aliphatic heterocycles. The average Bonchev–Trinajstić information content (AvgIpc) is 1.59. The first-order valence-corrected chi connectivity index (χ1v) is 2.52. The summed E-state index contributed by atoms with van der Waals surface area (Å²) in [7, 11) is 0. The molecule has 9 heavy (non-hydrogen) atoms. The fourth-order valence-electron chi connectivity index (χ4n) is 0.407. The summed E-state index contributed by atoms with van der Waals surface area (Å²) < 4.78 is 12.1. The topological polar surface area (TPSA) is 51.8 Å². The molecule has 0 unspecified atom stereocenters. The predicted molar refractivity (Wildman–Crippen MR) is 31.4 cm³/mol. The quantitative estimate of drug-likeness (QED) is 0.554. The number of nitrogen functional groups attached to an aromatic ring is 1. The van der Waals surface area contributed by atoms with Crippen molar-refractivity contribution in [3.05, 3.63) is 17.2 Å². The third-order valence-corrected chi connectivity index (χ3v) is 0.875. The zero-order chi connectivity index (χ0) is 6.85. The van der Waals surface area contributed by atoms with Crippen LogP contribution >= 0.6 is 11.6 Å². The largest absolute Gasteiger partial charge is 0.368 e. The highest BCUT2D eigenvalue weighted by atomic mass is 35.5. The van der Waals surface area contributed by atoms with E-state index in [1.807, 2.05) is 0 Å². The maximum Gasteiger partial charge on any atom is 0.224 e. The minimum atomic E-state index is -0.715. The molecule has 1 heterocycles. The van der Waals surface area contributed by atoms with Gasteiger partial charge in [-0.05, 0) is 0 Å². The molecule has 0 fully saturated rings. The van der Waals surface area contributed by atoms with Crippen molar-refractivity contribution >= 4 is 17.5 Å². The van der Waals surface area contributed by atoms with E-state index in [9.17, 15) is 4.39 Å². The van der Waals surface area contributed by atoms with Crippen LogP contribution in [0.4, 0.5) is 10.3 Å². The van der Waals surface area contributed by atoms with Crippen LogP contribution in [-0.2, 0) is 0 Å². The molecular formula is C4H3ClFN3. The normalized spacial score (nSPS) is 9.56. The van der Waals surface area contributed by atoms with Gasteiger partial charge in [0.1, 0.15) is 5.15 Å². The number of anilines is 1. The fourth-order valence-corrected chi connectivity index (χ4v) is 0.583. The molecule has 0 atom stereocenters. The lowest BCUT2D eigenvalue weighted by atomic mass is 10.6. The fraction of sp³-hybridized carbons (Fsp3) is 0. The van der Waals surface area contributed by atoms with Crippen molar-refractivity contribution in [2.24, 2.45) is 0 Å². The highest BCUT2D eigenvalue weighted by molar-refractivity contribution is 6.29. The number of halogens is 2. The van der Waals surface area contributed by atoms with Crippen molar-refractivity contribution in [3.8, 4) is 0 Å². The molecular weight excluding hydrogens is 145 g/mol. The van der Waals surface area contributed by atoms with Gasteiger partial charge in [0.05, 0.1) is 0 Å². The van der Waals surface area contributed by atoms with E-state index in [4.69, 9.17) is 17.3 Å². The molecule has 0 saturated carbocycles. The van der Waals surface area contributed by atoms with Gasteiger partial charge in [-0.15, -0.1) is 0 Å². The van der Waals surface area contributed by atoms with Crippen LogP contribution in [0.3, 0.4) is 0 Å². The van der Waals surface area contributed by atoms with Crippen LogP contribution in [0.2, 0.25) is 5.15 Å². The predicted octanol–water partition coefficient (Wildman–Crippen LogP) is 0.851. The summed E-state index contributed by atoms with van der Waals surface area (Å²) in [6.45, 7) is 0. The number of rotatable bonds is 0. The van der Waals surface area contributed by atoms with Gasteiger partial charge in [0.15, 0.2) is 0 Å². The Morgan fingerprint density at radius 1 is 1.56 bits per heavy atom. The van der Waals surface area contributed by atoms with Gasteiger partial charge < -0.3 is 5.73 Å². The number of nitrogens with zero attached hydrogens (tertiary/aromatic N) is 2. The molecule has 3 nitrogen and oxygen atoms in total. The van der Waals surface area contributed by atoms with E-state index in [0.717, 1.165) is 6.07 Å². The first-order chi connectivity index (χ1) is 4.18. The van der Waals surface area contributed by atoms with Crippen LogP contribution in [0.1, 0.15) is 0 Å². The SMILES string of the molecule is Nc1nc(F)cc(Cl)n1. The lowest BCUT2D eigenvalue weighted by Crippen LogP contribution is -1.96. The molecule has 1 aromatic rings. The molecule has 0 saturated heterocycles. The zero-order valence-corrected chi connectivity index (χ0v) is 5.06. The van der Waals surface area contributed by atoms with Gasteiger partial charge >= 0.3 is 0 Å². The van der Waals surface area contributed by atoms with E-state index < -0.39 is 5.95 Å². The van der Waals surface area contributed by atoms with E-state index in [1.165, 1.54) is 0 Å². The Kier molecular flexibility index (Phi) is 1.48. The summed E-state index contributed by atoms with van der Waals surface area (Å²) in [6, 6.07) is 0.984. The number of aromatic nitrogens is 2. The molecule has 2 N–H and O–H groups in total. The molecule has 5 heteroatoms. The first kappa shape index (κ1) is 6.22. The number of hydrogen-bond donors (Lipinski definition) is 1. The molecule has 0 aromatic carbocycles. The van der Waals surface area contributed by atoms with Gasteiger partial charge in [0.25, 0.3) is 0 Å². The van der Waals surface area contributed by atoms with Crippen molar-refractivity contribution in [1.29, 1.82) is 0 Å². The average molecular weight is 148 g/mol. The molecule has 0 aliphatic rings. The van der Waals surface area contributed by atoms with Crippen LogP contribution in [0, 0.1) is 5.95 Å². The maximum absolute atomic E-state index is 12.1. The molecule has 1 aromatic heterocycles. The molecule has 0 radical (unpaired) electrons. The van der Waals surface area contributed by atoms with E-state index >= 15 is 0 Å². The summed E-state index contributed by atoms with van der Waals surface area (Å²) in [4.78, 5) is 6.58. The third kappa shape index (κ3) is 1.50. The molecule has 0 amide bonds. The van der Waals surface area contributed by atoms with Gasteiger partial charge in [-0.1, -0.05) is 11.6 Å². The van der Waals surface area contributed by atoms with Crippen LogP contribution < -0.4 is 5.73 Å². The minimum absolute atomic E-state index is 0.0139. The smallest absolute Gasteiger partial charge is 0.224 e. The molecule has 0 bridgehead atoms. The van der Waals surface area contributed by atoms with Gasteiger partial charge in [-0.25, -0.2) is 4.98 Å². The number of nitrogens with two attached hydrogens (primary N) is 1. The van der Waals surface area contributed by atoms with E-state index in [0.29, 0.717) is 0 Å². The Balaban J connectivity index is 3.17. The molecule has 0 spiro atoms. The summed E-state index contributed by atoms with van der Waals surface area (Å²) >= 11 is 5.28. The molecule has 0 aliphatic carbocycles. The highest BCUT2D eigenvalue weighted by Crippen LogP contribution is 2.05. The van der Waals surface area contributed by atoms with Gasteiger partial charge in [0.2, 0.25) is 11.9 Å². The van der Waals surface area contributed by atoms with Crippen molar-refractivity contribution in [3.63, 3.8) is 0 Å². The van der Waals surface area contributed by atoms with Gasteiger partial charge in [-0.3, -0.25) is 0 Å². The first-order valence-electron chi connectivity index (χ1n) is 2.14. The summed E-state index contributed by atoms with van der Waals surface area (Å²) in [6.07, 6.45) is 0. The van der Waals surface area contributed by atoms with E-state index in [2.05, 4.69) is 9.97 Å². The Morgan fingerprint density at radius 2 is 2.22 bits per heavy atom. The second kappa shape index (κ2) is 2.14. The second-order valence-electron chi connectivity index (χ2n) is 1.37. The van der Waals surface area contributed by atoms with Crippen molar-refractivity contribution in [2.45, 2.75) is 0 Å². The Hall–Kier alpha value is -0.900. The Labute approximate surface area is 55.7 Å². The highest BCUT2D eigenvalue weighted by Gasteiger charge is 1.96. The van der Waals surface area contributed by atoms with E-state index in [1.54, 1.807) is 0 Å². The summed E-state index contributed by atoms with van der Waals surface area (Å²) in [5, 5.41) is 0.0139. The third-order valence-electron chi connectivity index (χ3n) is 0.681. The van der Waals surface area contributed by atoms with Gasteiger partial charge in [0, 0.05) is 6.07 Å². The summed E-state index contributed by atoms with van der Waals surface area (Å²) in [5.41, 5.74) is 5.01. The van der Waals surface area contributed by atoms with Crippen LogP contribution in [0.25, 0.3) is 0 Å². The van der Waals surface area contributed by atoms with E-state index in [-0.39, 0.29) is 11.1 Å². The van der Waals surface area contributed by atoms with Crippen LogP contribution in [0.5, 0.6) is 0 Å². The van der Waals surface area contributed by atoms with Gasteiger partial charge in [-0.2, -0.15) is 9.37 Å². The maximum atomic E-state index is 12.1. The minimum Gasteiger partial charge on any atom is -0.368 e. The zero-order valence-electron chi connectivity index (χ0n) is 4.31. The Morgan fingerprint density at radius 3 is 2.67 bits per heavy atom. The lowest BCUT2D eigenvalue weighted by Gasteiger charge is -1.90. The van der Waals surface area contributed by atoms with Crippen LogP contribution in [0.15, 0.2) is 6.07 Å². The standard InChI is InChI=1S/C4H3ClFN3/c5-2-1-3(6)9-4(7)8-2/h1H,(H2,7,8,9). The van der Waals surface area contributed by atoms with Crippen molar-refractivity contribution in [1.82, 2.24) is 9.97 Å². The monoisotopic (exact) mass is 147 g/mol. The number of hydrogen-bond acceptors (Lipinski definition) is 3. The van der Waals surface area contributed by atoms with Crippen molar-refractivity contribution < 1.29 is 4.39 Å². The summed E-state index contributed by atoms with van der Waals surface area (Å²) in [5.74, 6) is -0.868.